The summed E-state index contributed by atoms with van der Waals surface area (Å²) in [5.74, 6) is -0.0763. The van der Waals surface area contributed by atoms with Crippen molar-refractivity contribution in [2.75, 3.05) is 18.8 Å². The molecule has 1 aromatic heterocycles. The Morgan fingerprint density at radius 3 is 3.00 bits per heavy atom. The van der Waals surface area contributed by atoms with Gasteiger partial charge in [-0.3, -0.25) is 9.78 Å². The second-order valence-electron chi connectivity index (χ2n) is 5.11. The third-order valence-corrected chi connectivity index (χ3v) is 3.43. The first kappa shape index (κ1) is 12.8. The fourth-order valence-electron chi connectivity index (χ4n) is 2.24. The Balaban J connectivity index is 2.13. The van der Waals surface area contributed by atoms with Gasteiger partial charge in [-0.1, -0.05) is 0 Å². The van der Waals surface area contributed by atoms with Crippen LogP contribution in [-0.2, 0) is 0 Å². The molecule has 0 aromatic carbocycles. The SMILES string of the molecule is CC1(O)CCCN(C(=O)c2ccncc2N)CC1. The van der Waals surface area contributed by atoms with Gasteiger partial charge in [0, 0.05) is 19.3 Å². The van der Waals surface area contributed by atoms with Gasteiger partial charge < -0.3 is 15.7 Å². The van der Waals surface area contributed by atoms with Gasteiger partial charge in [0.15, 0.2) is 0 Å². The van der Waals surface area contributed by atoms with E-state index < -0.39 is 5.60 Å². The van der Waals surface area contributed by atoms with Crippen LogP contribution >= 0.6 is 0 Å². The molecule has 1 aromatic rings. The molecule has 0 saturated carbocycles. The maximum absolute atomic E-state index is 12.3. The number of carbonyl (C=O) groups excluding carboxylic acids is 1. The predicted octanol–water partition coefficient (Wildman–Crippen LogP) is 1.04. The van der Waals surface area contributed by atoms with Crippen molar-refractivity contribution in [1.29, 1.82) is 0 Å². The molecule has 1 aliphatic rings. The van der Waals surface area contributed by atoms with E-state index in [1.54, 1.807) is 17.2 Å². The molecule has 0 aliphatic carbocycles. The Bertz CT molecular complexity index is 446. The Kier molecular flexibility index (Phi) is 3.52. The van der Waals surface area contributed by atoms with Crippen molar-refractivity contribution in [2.45, 2.75) is 31.8 Å². The summed E-state index contributed by atoms with van der Waals surface area (Å²) in [5, 5.41) is 10.0. The van der Waals surface area contributed by atoms with Crippen LogP contribution in [0.1, 0.15) is 36.5 Å². The van der Waals surface area contributed by atoms with Gasteiger partial charge in [0.25, 0.3) is 5.91 Å². The lowest BCUT2D eigenvalue weighted by atomic mass is 9.98. The number of anilines is 1. The number of pyridine rings is 1. The highest BCUT2D eigenvalue weighted by atomic mass is 16.3. The maximum Gasteiger partial charge on any atom is 0.256 e. The first-order valence-electron chi connectivity index (χ1n) is 6.21. The fraction of sp³-hybridized carbons (Fsp3) is 0.538. The minimum absolute atomic E-state index is 0.0763. The standard InChI is InChI=1S/C13H19N3O2/c1-13(18)4-2-7-16(8-5-13)12(17)10-3-6-15-9-11(10)14/h3,6,9,18H,2,4-5,7-8,14H2,1H3. The molecule has 1 aliphatic heterocycles. The maximum atomic E-state index is 12.3. The van der Waals surface area contributed by atoms with Crippen molar-refractivity contribution in [1.82, 2.24) is 9.88 Å². The van der Waals surface area contributed by atoms with E-state index >= 15 is 0 Å². The third-order valence-electron chi connectivity index (χ3n) is 3.43. The van der Waals surface area contributed by atoms with Crippen LogP contribution in [0.2, 0.25) is 0 Å². The summed E-state index contributed by atoms with van der Waals surface area (Å²) in [6.45, 7) is 3.05. The zero-order chi connectivity index (χ0) is 13.2. The molecule has 3 N–H and O–H groups in total. The zero-order valence-electron chi connectivity index (χ0n) is 10.6. The summed E-state index contributed by atoms with van der Waals surface area (Å²) in [6, 6.07) is 1.64. The van der Waals surface area contributed by atoms with Crippen LogP contribution in [0.15, 0.2) is 18.5 Å². The summed E-state index contributed by atoms with van der Waals surface area (Å²) >= 11 is 0. The van der Waals surface area contributed by atoms with Crippen LogP contribution in [0.5, 0.6) is 0 Å². The normalized spacial score (nSPS) is 24.7. The molecule has 1 fully saturated rings. The van der Waals surface area contributed by atoms with Crippen LogP contribution in [0.25, 0.3) is 0 Å². The highest BCUT2D eigenvalue weighted by Gasteiger charge is 2.27. The van der Waals surface area contributed by atoms with Gasteiger partial charge in [-0.25, -0.2) is 0 Å². The molecular formula is C13H19N3O2. The van der Waals surface area contributed by atoms with Crippen molar-refractivity contribution >= 4 is 11.6 Å². The van der Waals surface area contributed by atoms with Crippen molar-refractivity contribution in [3.8, 4) is 0 Å². The van der Waals surface area contributed by atoms with Gasteiger partial charge in [-0.15, -0.1) is 0 Å². The number of amides is 1. The van der Waals surface area contributed by atoms with Gasteiger partial charge in [-0.2, -0.15) is 0 Å². The van der Waals surface area contributed by atoms with Gasteiger partial charge in [0.2, 0.25) is 0 Å². The van der Waals surface area contributed by atoms with Gasteiger partial charge in [0.1, 0.15) is 0 Å². The Morgan fingerprint density at radius 2 is 2.28 bits per heavy atom. The predicted molar refractivity (Wildman–Crippen MR) is 69.0 cm³/mol. The highest BCUT2D eigenvalue weighted by Crippen LogP contribution is 2.23. The first-order chi connectivity index (χ1) is 8.49. The van der Waals surface area contributed by atoms with Crippen LogP contribution in [-0.4, -0.2) is 39.6 Å². The van der Waals surface area contributed by atoms with Crippen molar-refractivity contribution in [2.24, 2.45) is 0 Å². The number of aliphatic hydroxyl groups is 1. The molecule has 1 atom stereocenters. The highest BCUT2D eigenvalue weighted by molar-refractivity contribution is 5.98. The van der Waals surface area contributed by atoms with E-state index in [1.165, 1.54) is 6.20 Å². The number of rotatable bonds is 1. The summed E-state index contributed by atoms with van der Waals surface area (Å²) < 4.78 is 0. The minimum atomic E-state index is -0.668. The summed E-state index contributed by atoms with van der Waals surface area (Å²) in [4.78, 5) is 18.0. The van der Waals surface area contributed by atoms with E-state index in [0.717, 1.165) is 12.8 Å². The summed E-state index contributed by atoms with van der Waals surface area (Å²) in [7, 11) is 0. The van der Waals surface area contributed by atoms with Crippen LogP contribution in [0, 0.1) is 0 Å². The summed E-state index contributed by atoms with van der Waals surface area (Å²) in [6.07, 6.45) is 5.19. The van der Waals surface area contributed by atoms with Gasteiger partial charge in [0.05, 0.1) is 23.0 Å². The number of likely N-dealkylation sites (tertiary alicyclic amines) is 1. The van der Waals surface area contributed by atoms with Gasteiger partial charge >= 0.3 is 0 Å². The fourth-order valence-corrected chi connectivity index (χ4v) is 2.24. The first-order valence-corrected chi connectivity index (χ1v) is 6.21. The lowest BCUT2D eigenvalue weighted by Crippen LogP contribution is -2.34. The van der Waals surface area contributed by atoms with Crippen molar-refractivity contribution in [3.63, 3.8) is 0 Å². The van der Waals surface area contributed by atoms with Crippen LogP contribution < -0.4 is 5.73 Å². The average molecular weight is 249 g/mol. The third kappa shape index (κ3) is 2.79. The molecule has 0 spiro atoms. The van der Waals surface area contributed by atoms with Crippen LogP contribution in [0.3, 0.4) is 0 Å². The number of nitrogens with two attached hydrogens (primary N) is 1. The summed E-state index contributed by atoms with van der Waals surface area (Å²) in [5.41, 5.74) is 5.99. The number of aromatic nitrogens is 1. The second-order valence-corrected chi connectivity index (χ2v) is 5.11. The Labute approximate surface area is 107 Å². The largest absolute Gasteiger partial charge is 0.397 e. The van der Waals surface area contributed by atoms with E-state index in [-0.39, 0.29) is 5.91 Å². The molecule has 1 amide bonds. The van der Waals surface area contributed by atoms with E-state index in [0.29, 0.717) is 30.8 Å². The van der Waals surface area contributed by atoms with Gasteiger partial charge in [-0.05, 0) is 32.3 Å². The average Bonchev–Trinajstić information content (AvgIpc) is 2.50. The lowest BCUT2D eigenvalue weighted by Gasteiger charge is -2.23. The van der Waals surface area contributed by atoms with Crippen molar-refractivity contribution in [3.05, 3.63) is 24.0 Å². The monoisotopic (exact) mass is 249 g/mol. The molecule has 18 heavy (non-hydrogen) atoms. The Morgan fingerprint density at radius 1 is 1.50 bits per heavy atom. The minimum Gasteiger partial charge on any atom is -0.397 e. The van der Waals surface area contributed by atoms with E-state index in [2.05, 4.69) is 4.98 Å². The number of hydrogen-bond acceptors (Lipinski definition) is 4. The topological polar surface area (TPSA) is 79.5 Å². The van der Waals surface area contributed by atoms with E-state index in [9.17, 15) is 9.90 Å². The Hall–Kier alpha value is -1.62. The van der Waals surface area contributed by atoms with E-state index in [1.807, 2.05) is 6.92 Å². The number of nitrogens with zero attached hydrogens (tertiary/aromatic N) is 2. The molecule has 5 heteroatoms. The molecule has 1 saturated heterocycles. The quantitative estimate of drug-likeness (QED) is 0.779. The second kappa shape index (κ2) is 4.94. The molecule has 5 nitrogen and oxygen atoms in total. The molecule has 2 rings (SSSR count). The zero-order valence-corrected chi connectivity index (χ0v) is 10.6. The lowest BCUT2D eigenvalue weighted by molar-refractivity contribution is 0.0438. The molecule has 98 valence electrons. The molecule has 0 bridgehead atoms. The molecular weight excluding hydrogens is 230 g/mol. The van der Waals surface area contributed by atoms with Crippen LogP contribution in [0.4, 0.5) is 5.69 Å². The van der Waals surface area contributed by atoms with Crippen molar-refractivity contribution < 1.29 is 9.90 Å². The molecule has 0 radical (unpaired) electrons. The smallest absolute Gasteiger partial charge is 0.256 e. The molecule has 2 heterocycles. The number of hydrogen-bond donors (Lipinski definition) is 2. The molecule has 1 unspecified atom stereocenters. The number of carbonyl (C=O) groups is 1. The van der Waals surface area contributed by atoms with E-state index in [4.69, 9.17) is 5.73 Å². The number of nitrogen functional groups attached to an aromatic ring is 1.